The number of hydrogen-bond acceptors (Lipinski definition) is 3. The van der Waals surface area contributed by atoms with Gasteiger partial charge in [-0.15, -0.1) is 0 Å². The van der Waals surface area contributed by atoms with Gasteiger partial charge in [0.2, 0.25) is 0 Å². The Morgan fingerprint density at radius 2 is 1.92 bits per heavy atom. The number of aliphatic imine (C=N–C) groups is 1. The first-order chi connectivity index (χ1) is 11.9. The van der Waals surface area contributed by atoms with E-state index in [1.54, 1.807) is 14.2 Å². The molecule has 8 heteroatoms. The molecule has 0 fully saturated rings. The van der Waals surface area contributed by atoms with Gasteiger partial charge in [0.1, 0.15) is 12.4 Å². The summed E-state index contributed by atoms with van der Waals surface area (Å²) >= 11 is 0. The summed E-state index contributed by atoms with van der Waals surface area (Å²) in [6, 6.07) is 6.07. The van der Waals surface area contributed by atoms with Crippen LogP contribution in [0.1, 0.15) is 17.5 Å². The first-order valence-corrected chi connectivity index (χ1v) is 8.08. The zero-order valence-corrected chi connectivity index (χ0v) is 14.9. The highest BCUT2D eigenvalue weighted by atomic mass is 19.4. The van der Waals surface area contributed by atoms with Crippen LogP contribution in [-0.4, -0.2) is 52.6 Å². The van der Waals surface area contributed by atoms with E-state index in [0.717, 1.165) is 23.3 Å². The van der Waals surface area contributed by atoms with Crippen molar-refractivity contribution in [1.82, 2.24) is 10.6 Å². The first kappa shape index (κ1) is 21.1. The molecule has 0 amide bonds. The molecule has 1 rings (SSSR count). The van der Waals surface area contributed by atoms with E-state index in [1.807, 2.05) is 25.1 Å². The zero-order chi connectivity index (χ0) is 18.7. The molecule has 5 nitrogen and oxygen atoms in total. The van der Waals surface area contributed by atoms with Gasteiger partial charge < -0.3 is 20.1 Å². The molecule has 1 aromatic rings. The number of alkyl halides is 3. The summed E-state index contributed by atoms with van der Waals surface area (Å²) in [6.07, 6.45) is -3.01. The summed E-state index contributed by atoms with van der Waals surface area (Å²) in [7, 11) is 3.29. The van der Waals surface area contributed by atoms with Gasteiger partial charge in [-0.1, -0.05) is 12.1 Å². The second-order valence-corrected chi connectivity index (χ2v) is 5.50. The molecule has 0 radical (unpaired) electrons. The lowest BCUT2D eigenvalue weighted by molar-refractivity contribution is -0.173. The lowest BCUT2D eigenvalue weighted by Gasteiger charge is -2.13. The van der Waals surface area contributed by atoms with Gasteiger partial charge in [0.15, 0.2) is 5.96 Å². The Balaban J connectivity index is 2.22. The average Bonchev–Trinajstić information content (AvgIpc) is 2.56. The fourth-order valence-electron chi connectivity index (χ4n) is 2.13. The number of aryl methyl sites for hydroxylation is 1. The maximum atomic E-state index is 11.9. The molecule has 0 aliphatic rings. The number of ether oxygens (including phenoxy) is 2. The van der Waals surface area contributed by atoms with E-state index in [-0.39, 0.29) is 6.61 Å². The van der Waals surface area contributed by atoms with Crippen molar-refractivity contribution in [3.63, 3.8) is 0 Å². The standard InChI is InChI=1S/C17H26F3N3O2/c1-13-5-6-14(11-15(13)24-3)7-9-23-16(21-2)22-8-4-10-25-12-17(18,19)20/h5-6,11H,4,7-10,12H2,1-3H3,(H2,21,22,23). The summed E-state index contributed by atoms with van der Waals surface area (Å²) in [6.45, 7) is 1.99. The minimum Gasteiger partial charge on any atom is -0.496 e. The highest BCUT2D eigenvalue weighted by Crippen LogP contribution is 2.19. The van der Waals surface area contributed by atoms with Crippen LogP contribution in [0.25, 0.3) is 0 Å². The number of hydrogen-bond donors (Lipinski definition) is 2. The molecule has 0 unspecified atom stereocenters. The predicted molar refractivity (Wildman–Crippen MR) is 92.3 cm³/mol. The van der Waals surface area contributed by atoms with E-state index in [2.05, 4.69) is 20.4 Å². The third-order valence-electron chi connectivity index (χ3n) is 3.43. The van der Waals surface area contributed by atoms with E-state index in [9.17, 15) is 13.2 Å². The second kappa shape index (κ2) is 10.8. The number of guanidine groups is 1. The van der Waals surface area contributed by atoms with Crippen LogP contribution >= 0.6 is 0 Å². The Kier molecular flexibility index (Phi) is 9.12. The Labute approximate surface area is 146 Å². The molecule has 2 N–H and O–H groups in total. The lowest BCUT2D eigenvalue weighted by Crippen LogP contribution is -2.39. The van der Waals surface area contributed by atoms with Crippen molar-refractivity contribution in [2.75, 3.05) is 40.5 Å². The SMILES string of the molecule is CN=C(NCCCOCC(F)(F)F)NCCc1ccc(C)c(OC)c1. The quantitative estimate of drug-likeness (QED) is 0.403. The molecule has 0 spiro atoms. The first-order valence-electron chi connectivity index (χ1n) is 8.08. The Morgan fingerprint density at radius 3 is 2.56 bits per heavy atom. The highest BCUT2D eigenvalue weighted by molar-refractivity contribution is 5.79. The van der Waals surface area contributed by atoms with Crippen molar-refractivity contribution >= 4 is 5.96 Å². The number of nitrogens with one attached hydrogen (secondary N) is 2. The van der Waals surface area contributed by atoms with E-state index in [4.69, 9.17) is 4.74 Å². The molecule has 0 aromatic heterocycles. The van der Waals surface area contributed by atoms with Crippen LogP contribution in [0.2, 0.25) is 0 Å². The van der Waals surface area contributed by atoms with Gasteiger partial charge >= 0.3 is 6.18 Å². The third-order valence-corrected chi connectivity index (χ3v) is 3.43. The number of benzene rings is 1. The van der Waals surface area contributed by atoms with Crippen LogP contribution < -0.4 is 15.4 Å². The van der Waals surface area contributed by atoms with Crippen molar-refractivity contribution in [3.05, 3.63) is 29.3 Å². The van der Waals surface area contributed by atoms with Gasteiger partial charge in [-0.2, -0.15) is 13.2 Å². The number of methoxy groups -OCH3 is 1. The van der Waals surface area contributed by atoms with Crippen LogP contribution in [0.3, 0.4) is 0 Å². The summed E-state index contributed by atoms with van der Waals surface area (Å²) in [5.41, 5.74) is 2.23. The Bertz CT molecular complexity index is 548. The maximum Gasteiger partial charge on any atom is 0.411 e. The fraction of sp³-hybridized carbons (Fsp3) is 0.588. The lowest BCUT2D eigenvalue weighted by atomic mass is 10.1. The largest absolute Gasteiger partial charge is 0.496 e. The normalized spacial score (nSPS) is 12.2. The second-order valence-electron chi connectivity index (χ2n) is 5.50. The minimum atomic E-state index is -4.27. The molecular weight excluding hydrogens is 335 g/mol. The van der Waals surface area contributed by atoms with E-state index < -0.39 is 12.8 Å². The van der Waals surface area contributed by atoms with Gasteiger partial charge in [0, 0.05) is 26.7 Å². The fourth-order valence-corrected chi connectivity index (χ4v) is 2.13. The van der Waals surface area contributed by atoms with Crippen molar-refractivity contribution in [3.8, 4) is 5.75 Å². The summed E-state index contributed by atoms with van der Waals surface area (Å²) < 4.78 is 45.6. The van der Waals surface area contributed by atoms with Crippen LogP contribution in [0, 0.1) is 6.92 Å². The van der Waals surface area contributed by atoms with Gasteiger partial charge in [-0.3, -0.25) is 4.99 Å². The van der Waals surface area contributed by atoms with Gasteiger partial charge in [-0.25, -0.2) is 0 Å². The number of rotatable bonds is 9. The predicted octanol–water partition coefficient (Wildman–Crippen LogP) is 2.68. The number of nitrogens with zero attached hydrogens (tertiary/aromatic N) is 1. The molecule has 0 saturated carbocycles. The molecule has 0 saturated heterocycles. The summed E-state index contributed by atoms with van der Waals surface area (Å²) in [5.74, 6) is 1.47. The van der Waals surface area contributed by atoms with Crippen molar-refractivity contribution in [2.24, 2.45) is 4.99 Å². The van der Waals surface area contributed by atoms with Gasteiger partial charge in [0.25, 0.3) is 0 Å². The van der Waals surface area contributed by atoms with Crippen molar-refractivity contribution in [2.45, 2.75) is 25.9 Å². The van der Waals surface area contributed by atoms with E-state index in [0.29, 0.717) is 25.5 Å². The molecule has 0 atom stereocenters. The van der Waals surface area contributed by atoms with Gasteiger partial charge in [0.05, 0.1) is 7.11 Å². The van der Waals surface area contributed by atoms with Crippen molar-refractivity contribution in [1.29, 1.82) is 0 Å². The maximum absolute atomic E-state index is 11.9. The van der Waals surface area contributed by atoms with Crippen LogP contribution in [0.5, 0.6) is 5.75 Å². The van der Waals surface area contributed by atoms with Crippen molar-refractivity contribution < 1.29 is 22.6 Å². The summed E-state index contributed by atoms with van der Waals surface area (Å²) in [5, 5.41) is 6.20. The topological polar surface area (TPSA) is 54.9 Å². The highest BCUT2D eigenvalue weighted by Gasteiger charge is 2.27. The molecule has 25 heavy (non-hydrogen) atoms. The number of halogens is 3. The molecule has 0 aliphatic heterocycles. The van der Waals surface area contributed by atoms with E-state index >= 15 is 0 Å². The monoisotopic (exact) mass is 361 g/mol. The molecular formula is C17H26F3N3O2. The average molecular weight is 361 g/mol. The van der Waals surface area contributed by atoms with Crippen LogP contribution in [-0.2, 0) is 11.2 Å². The molecule has 0 aliphatic carbocycles. The summed E-state index contributed by atoms with van der Waals surface area (Å²) in [4.78, 5) is 4.07. The molecule has 142 valence electrons. The van der Waals surface area contributed by atoms with Crippen LogP contribution in [0.4, 0.5) is 13.2 Å². The molecule has 0 heterocycles. The Hall–Kier alpha value is -1.96. The zero-order valence-electron chi connectivity index (χ0n) is 14.9. The molecule has 0 bridgehead atoms. The smallest absolute Gasteiger partial charge is 0.411 e. The van der Waals surface area contributed by atoms with Crippen LogP contribution in [0.15, 0.2) is 23.2 Å². The third kappa shape index (κ3) is 9.19. The van der Waals surface area contributed by atoms with E-state index in [1.165, 1.54) is 0 Å². The molecule has 1 aromatic carbocycles. The minimum absolute atomic E-state index is 0.0483. The van der Waals surface area contributed by atoms with Gasteiger partial charge in [-0.05, 0) is 37.0 Å². The Morgan fingerprint density at radius 1 is 1.20 bits per heavy atom.